The van der Waals surface area contributed by atoms with E-state index in [2.05, 4.69) is 16.9 Å². The van der Waals surface area contributed by atoms with Crippen LogP contribution in [0.3, 0.4) is 0 Å². The van der Waals surface area contributed by atoms with Crippen molar-refractivity contribution in [1.82, 2.24) is 4.98 Å². The Labute approximate surface area is 111 Å². The maximum atomic E-state index is 11.9. The van der Waals surface area contributed by atoms with Crippen LogP contribution in [-0.4, -0.2) is 17.5 Å². The van der Waals surface area contributed by atoms with Crippen LogP contribution in [0.25, 0.3) is 0 Å². The third-order valence-corrected chi connectivity index (χ3v) is 2.40. The summed E-state index contributed by atoms with van der Waals surface area (Å²) in [7, 11) is 0. The number of ether oxygens (including phenoxy) is 1. The van der Waals surface area contributed by atoms with E-state index in [4.69, 9.17) is 4.74 Å². The highest BCUT2D eigenvalue weighted by Crippen LogP contribution is 2.16. The predicted octanol–water partition coefficient (Wildman–Crippen LogP) is 2.90. The Morgan fingerprint density at radius 2 is 2.11 bits per heavy atom. The second-order valence-corrected chi connectivity index (χ2v) is 3.82. The SMILES string of the molecule is C=CCOc1ccc(NC(=O)c2cccnc2)cc1. The molecule has 1 heterocycles. The number of nitrogens with one attached hydrogen (secondary N) is 1. The average Bonchev–Trinajstić information content (AvgIpc) is 2.47. The Bertz CT molecular complexity index is 550. The van der Waals surface area contributed by atoms with Crippen LogP contribution in [0.15, 0.2) is 61.4 Å². The lowest BCUT2D eigenvalue weighted by Gasteiger charge is -2.07. The second kappa shape index (κ2) is 6.35. The molecule has 0 saturated carbocycles. The molecule has 0 aliphatic carbocycles. The van der Waals surface area contributed by atoms with Gasteiger partial charge in [0.25, 0.3) is 5.91 Å². The molecule has 2 aromatic rings. The van der Waals surface area contributed by atoms with E-state index in [-0.39, 0.29) is 5.91 Å². The van der Waals surface area contributed by atoms with Crippen molar-refractivity contribution >= 4 is 11.6 Å². The number of nitrogens with zero attached hydrogens (tertiary/aromatic N) is 1. The maximum absolute atomic E-state index is 11.9. The first-order valence-electron chi connectivity index (χ1n) is 5.85. The molecule has 0 bridgehead atoms. The third-order valence-electron chi connectivity index (χ3n) is 2.40. The molecule has 0 radical (unpaired) electrons. The molecule has 4 heteroatoms. The van der Waals surface area contributed by atoms with Gasteiger partial charge in [-0.3, -0.25) is 9.78 Å². The lowest BCUT2D eigenvalue weighted by molar-refractivity contribution is 0.102. The van der Waals surface area contributed by atoms with Crippen molar-refractivity contribution in [2.75, 3.05) is 11.9 Å². The van der Waals surface area contributed by atoms with E-state index in [0.29, 0.717) is 17.9 Å². The highest BCUT2D eigenvalue weighted by molar-refractivity contribution is 6.04. The number of pyridine rings is 1. The van der Waals surface area contributed by atoms with Crippen molar-refractivity contribution in [1.29, 1.82) is 0 Å². The van der Waals surface area contributed by atoms with E-state index in [9.17, 15) is 4.79 Å². The Hall–Kier alpha value is -2.62. The van der Waals surface area contributed by atoms with Crippen molar-refractivity contribution in [2.45, 2.75) is 0 Å². The summed E-state index contributed by atoms with van der Waals surface area (Å²) in [6, 6.07) is 10.6. The lowest BCUT2D eigenvalue weighted by atomic mass is 10.2. The monoisotopic (exact) mass is 254 g/mol. The van der Waals surface area contributed by atoms with Gasteiger partial charge in [0.15, 0.2) is 0 Å². The zero-order chi connectivity index (χ0) is 13.5. The fraction of sp³-hybridized carbons (Fsp3) is 0.0667. The normalized spacial score (nSPS) is 9.68. The van der Waals surface area contributed by atoms with Gasteiger partial charge in [-0.15, -0.1) is 0 Å². The topological polar surface area (TPSA) is 51.2 Å². The summed E-state index contributed by atoms with van der Waals surface area (Å²) in [4.78, 5) is 15.8. The quantitative estimate of drug-likeness (QED) is 0.835. The van der Waals surface area contributed by atoms with Gasteiger partial charge < -0.3 is 10.1 Å². The van der Waals surface area contributed by atoms with E-state index < -0.39 is 0 Å². The predicted molar refractivity (Wildman–Crippen MR) is 74.3 cm³/mol. The molecule has 0 aliphatic heterocycles. The van der Waals surface area contributed by atoms with Crippen molar-refractivity contribution in [3.05, 3.63) is 67.0 Å². The first kappa shape index (κ1) is 12.8. The van der Waals surface area contributed by atoms with Crippen molar-refractivity contribution < 1.29 is 9.53 Å². The van der Waals surface area contributed by atoms with E-state index >= 15 is 0 Å². The van der Waals surface area contributed by atoms with Crippen molar-refractivity contribution in [3.8, 4) is 5.75 Å². The summed E-state index contributed by atoms with van der Waals surface area (Å²) in [6.07, 6.45) is 4.83. The van der Waals surface area contributed by atoms with Gasteiger partial charge in [0.2, 0.25) is 0 Å². The van der Waals surface area contributed by atoms with Gasteiger partial charge in [0, 0.05) is 18.1 Å². The minimum Gasteiger partial charge on any atom is -0.490 e. The largest absolute Gasteiger partial charge is 0.490 e. The van der Waals surface area contributed by atoms with Gasteiger partial charge in [-0.25, -0.2) is 0 Å². The number of carbonyl (C=O) groups is 1. The number of hydrogen-bond donors (Lipinski definition) is 1. The molecule has 19 heavy (non-hydrogen) atoms. The van der Waals surface area contributed by atoms with Gasteiger partial charge in [-0.1, -0.05) is 12.7 Å². The molecule has 1 amide bonds. The first-order chi connectivity index (χ1) is 9.29. The first-order valence-corrected chi connectivity index (χ1v) is 5.85. The fourth-order valence-corrected chi connectivity index (χ4v) is 1.49. The van der Waals surface area contributed by atoms with E-state index in [1.165, 1.54) is 6.20 Å². The number of carbonyl (C=O) groups excluding carboxylic acids is 1. The molecule has 0 unspecified atom stereocenters. The molecular weight excluding hydrogens is 240 g/mol. The van der Waals surface area contributed by atoms with Crippen molar-refractivity contribution in [2.24, 2.45) is 0 Å². The van der Waals surface area contributed by atoms with Crippen LogP contribution in [0, 0.1) is 0 Å². The maximum Gasteiger partial charge on any atom is 0.257 e. The average molecular weight is 254 g/mol. The summed E-state index contributed by atoms with van der Waals surface area (Å²) in [5, 5.41) is 2.79. The number of hydrogen-bond acceptors (Lipinski definition) is 3. The van der Waals surface area contributed by atoms with Gasteiger partial charge in [0.05, 0.1) is 5.56 Å². The molecule has 0 aliphatic rings. The number of benzene rings is 1. The second-order valence-electron chi connectivity index (χ2n) is 3.82. The molecule has 0 atom stereocenters. The number of rotatable bonds is 5. The Balaban J connectivity index is 1.99. The number of amides is 1. The molecule has 2 rings (SSSR count). The van der Waals surface area contributed by atoms with Crippen LogP contribution in [-0.2, 0) is 0 Å². The fourth-order valence-electron chi connectivity index (χ4n) is 1.49. The minimum atomic E-state index is -0.187. The lowest BCUT2D eigenvalue weighted by Crippen LogP contribution is -2.11. The zero-order valence-corrected chi connectivity index (χ0v) is 10.4. The molecular formula is C15H14N2O2. The van der Waals surface area contributed by atoms with Crippen LogP contribution in [0.4, 0.5) is 5.69 Å². The Morgan fingerprint density at radius 1 is 1.32 bits per heavy atom. The van der Waals surface area contributed by atoms with Crippen LogP contribution in [0.1, 0.15) is 10.4 Å². The number of aromatic nitrogens is 1. The highest BCUT2D eigenvalue weighted by atomic mass is 16.5. The van der Waals surface area contributed by atoms with E-state index in [0.717, 1.165) is 5.75 Å². The zero-order valence-electron chi connectivity index (χ0n) is 10.4. The highest BCUT2D eigenvalue weighted by Gasteiger charge is 2.05. The van der Waals surface area contributed by atoms with Crippen LogP contribution >= 0.6 is 0 Å². The molecule has 0 saturated heterocycles. The molecule has 0 fully saturated rings. The summed E-state index contributed by atoms with van der Waals surface area (Å²) in [6.45, 7) is 4.04. The summed E-state index contributed by atoms with van der Waals surface area (Å²) >= 11 is 0. The van der Waals surface area contributed by atoms with Gasteiger partial charge in [-0.2, -0.15) is 0 Å². The molecule has 96 valence electrons. The van der Waals surface area contributed by atoms with Crippen LogP contribution in [0.2, 0.25) is 0 Å². The summed E-state index contributed by atoms with van der Waals surface area (Å²) < 4.78 is 5.36. The summed E-state index contributed by atoms with van der Waals surface area (Å²) in [5.41, 5.74) is 1.23. The van der Waals surface area contributed by atoms with Crippen LogP contribution < -0.4 is 10.1 Å². The molecule has 1 aromatic heterocycles. The standard InChI is InChI=1S/C15H14N2O2/c1-2-10-19-14-7-5-13(6-8-14)17-15(18)12-4-3-9-16-11-12/h2-9,11H,1,10H2,(H,17,18). The van der Waals surface area contributed by atoms with Gasteiger partial charge in [-0.05, 0) is 36.4 Å². The Morgan fingerprint density at radius 3 is 2.74 bits per heavy atom. The van der Waals surface area contributed by atoms with Crippen molar-refractivity contribution in [3.63, 3.8) is 0 Å². The Kier molecular flexibility index (Phi) is 4.29. The van der Waals surface area contributed by atoms with E-state index in [1.807, 2.05) is 0 Å². The molecule has 4 nitrogen and oxygen atoms in total. The smallest absolute Gasteiger partial charge is 0.257 e. The molecule has 1 aromatic carbocycles. The molecule has 0 spiro atoms. The molecule has 1 N–H and O–H groups in total. The summed E-state index contributed by atoms with van der Waals surface area (Å²) in [5.74, 6) is 0.548. The van der Waals surface area contributed by atoms with E-state index in [1.54, 1.807) is 48.7 Å². The van der Waals surface area contributed by atoms with Gasteiger partial charge in [0.1, 0.15) is 12.4 Å². The van der Waals surface area contributed by atoms with Crippen LogP contribution in [0.5, 0.6) is 5.75 Å². The minimum absolute atomic E-state index is 0.187. The third kappa shape index (κ3) is 3.67. The number of anilines is 1. The van der Waals surface area contributed by atoms with Gasteiger partial charge >= 0.3 is 0 Å².